The zero-order chi connectivity index (χ0) is 20.2. The molecule has 1 aromatic rings. The van der Waals surface area contributed by atoms with E-state index in [1.807, 2.05) is 0 Å². The number of hydrogen-bond acceptors (Lipinski definition) is 4. The van der Waals surface area contributed by atoms with Gasteiger partial charge in [-0.05, 0) is 43.4 Å². The summed E-state index contributed by atoms with van der Waals surface area (Å²) in [5, 5.41) is 5.78. The Morgan fingerprint density at radius 3 is 2.59 bits per heavy atom. The highest BCUT2D eigenvalue weighted by atomic mass is 32.2. The highest BCUT2D eigenvalue weighted by Gasteiger charge is 2.28. The van der Waals surface area contributed by atoms with Gasteiger partial charge in [-0.15, -0.1) is 0 Å². The number of nitrogens with zero attached hydrogens (tertiary/aromatic N) is 1. The lowest BCUT2D eigenvalue weighted by molar-refractivity contribution is 0.201. The molecule has 1 saturated carbocycles. The molecule has 3 atom stereocenters. The molecule has 1 aromatic carbocycles. The van der Waals surface area contributed by atoms with Gasteiger partial charge in [0.1, 0.15) is 10.6 Å². The molecule has 2 amide bonds. The molecule has 3 unspecified atom stereocenters. The minimum absolute atomic E-state index is 0.0341. The van der Waals surface area contributed by atoms with Crippen LogP contribution in [0.2, 0.25) is 0 Å². The fraction of sp³-hybridized carbons (Fsp3) is 0.632. The number of ether oxygens (including phenoxy) is 1. The average Bonchev–Trinajstić information content (AvgIpc) is 2.60. The lowest BCUT2D eigenvalue weighted by Gasteiger charge is -2.34. The molecule has 27 heavy (non-hydrogen) atoms. The molecule has 1 fully saturated rings. The predicted octanol–water partition coefficient (Wildman–Crippen LogP) is 3.28. The van der Waals surface area contributed by atoms with E-state index in [1.54, 1.807) is 19.1 Å². The van der Waals surface area contributed by atoms with Crippen molar-refractivity contribution in [1.29, 1.82) is 0 Å². The molecule has 7 nitrogen and oxygen atoms in total. The maximum atomic E-state index is 12.6. The number of hydrogen-bond donors (Lipinski definition) is 2. The van der Waals surface area contributed by atoms with Crippen molar-refractivity contribution in [2.45, 2.75) is 51.0 Å². The first-order chi connectivity index (χ1) is 12.7. The number of anilines is 1. The van der Waals surface area contributed by atoms with Crippen LogP contribution in [-0.2, 0) is 10.0 Å². The average molecular weight is 398 g/mol. The second-order valence-corrected chi connectivity index (χ2v) is 9.47. The molecule has 152 valence electrons. The minimum atomic E-state index is -3.69. The van der Waals surface area contributed by atoms with Gasteiger partial charge in [0.05, 0.1) is 6.61 Å². The van der Waals surface area contributed by atoms with Gasteiger partial charge in [0.15, 0.2) is 0 Å². The van der Waals surface area contributed by atoms with Gasteiger partial charge in [-0.1, -0.05) is 26.7 Å². The third kappa shape index (κ3) is 5.13. The van der Waals surface area contributed by atoms with Crippen LogP contribution in [0.15, 0.2) is 23.1 Å². The number of carbonyl (C=O) groups excluding carboxylic acids is 1. The molecule has 0 radical (unpaired) electrons. The highest BCUT2D eigenvalue weighted by Crippen LogP contribution is 2.31. The summed E-state index contributed by atoms with van der Waals surface area (Å²) in [6.07, 6.45) is 3.25. The largest absolute Gasteiger partial charge is 0.492 e. The molecular weight excluding hydrogens is 366 g/mol. The van der Waals surface area contributed by atoms with E-state index in [-0.39, 0.29) is 22.7 Å². The van der Waals surface area contributed by atoms with Crippen LogP contribution in [0.25, 0.3) is 0 Å². The van der Waals surface area contributed by atoms with E-state index < -0.39 is 10.0 Å². The van der Waals surface area contributed by atoms with Crippen LogP contribution in [0.5, 0.6) is 5.75 Å². The number of benzene rings is 1. The van der Waals surface area contributed by atoms with Gasteiger partial charge in [-0.25, -0.2) is 17.5 Å². The minimum Gasteiger partial charge on any atom is -0.492 e. The predicted molar refractivity (Wildman–Crippen MR) is 107 cm³/mol. The molecule has 1 aliphatic rings. The number of amides is 2. The van der Waals surface area contributed by atoms with Crippen molar-refractivity contribution >= 4 is 21.7 Å². The second-order valence-electron chi connectivity index (χ2n) is 7.35. The molecule has 0 aliphatic heterocycles. The molecule has 0 saturated heterocycles. The van der Waals surface area contributed by atoms with Crippen LogP contribution >= 0.6 is 0 Å². The molecular formula is C19H31N3O4S. The Hall–Kier alpha value is -1.80. The van der Waals surface area contributed by atoms with E-state index in [0.717, 1.165) is 17.1 Å². The van der Waals surface area contributed by atoms with Gasteiger partial charge in [0.25, 0.3) is 0 Å². The molecule has 0 bridgehead atoms. The fourth-order valence-corrected chi connectivity index (χ4v) is 4.43. The summed E-state index contributed by atoms with van der Waals surface area (Å²) < 4.78 is 31.7. The van der Waals surface area contributed by atoms with Crippen LogP contribution < -0.4 is 15.4 Å². The van der Waals surface area contributed by atoms with Gasteiger partial charge in [0.2, 0.25) is 10.0 Å². The molecule has 0 spiro atoms. The maximum absolute atomic E-state index is 12.6. The van der Waals surface area contributed by atoms with E-state index in [4.69, 9.17) is 4.74 Å². The quantitative estimate of drug-likeness (QED) is 0.771. The molecule has 2 rings (SSSR count). The van der Waals surface area contributed by atoms with E-state index >= 15 is 0 Å². The third-order valence-corrected chi connectivity index (χ3v) is 7.12. The summed E-state index contributed by atoms with van der Waals surface area (Å²) in [7, 11) is -0.771. The zero-order valence-corrected chi connectivity index (χ0v) is 17.6. The molecule has 8 heteroatoms. The Morgan fingerprint density at radius 2 is 1.96 bits per heavy atom. The Morgan fingerprint density at radius 1 is 1.26 bits per heavy atom. The van der Waals surface area contributed by atoms with E-state index in [9.17, 15) is 13.2 Å². The van der Waals surface area contributed by atoms with Crippen LogP contribution in [0, 0.1) is 11.8 Å². The summed E-state index contributed by atoms with van der Waals surface area (Å²) in [6, 6.07) is 4.46. The summed E-state index contributed by atoms with van der Waals surface area (Å²) >= 11 is 0. The Balaban J connectivity index is 2.17. The Kier molecular flexibility index (Phi) is 7.11. The molecule has 1 aliphatic carbocycles. The first kappa shape index (κ1) is 21.5. The number of rotatable bonds is 6. The maximum Gasteiger partial charge on any atom is 0.319 e. The van der Waals surface area contributed by atoms with E-state index in [0.29, 0.717) is 24.1 Å². The topological polar surface area (TPSA) is 87.7 Å². The smallest absolute Gasteiger partial charge is 0.319 e. The summed E-state index contributed by atoms with van der Waals surface area (Å²) in [5.74, 6) is 1.26. The molecule has 0 heterocycles. The second kappa shape index (κ2) is 8.93. The lowest BCUT2D eigenvalue weighted by atomic mass is 9.78. The number of nitrogens with one attached hydrogen (secondary N) is 2. The van der Waals surface area contributed by atoms with Crippen molar-refractivity contribution in [3.05, 3.63) is 18.2 Å². The standard InChI is InChI=1S/C19H31N3O4S/c1-6-26-17-11-10-15(12-18(17)27(24,25)22(4)5)20-19(23)21-16-9-7-8-13(2)14(16)3/h10-14,16H,6-9H2,1-5H3,(H2,20,21,23). The van der Waals surface area contributed by atoms with Crippen LogP contribution in [0.1, 0.15) is 40.0 Å². The SMILES string of the molecule is CCOc1ccc(NC(=O)NC2CCCC(C)C2C)cc1S(=O)(=O)N(C)C. The normalized spacial score (nSPS) is 23.1. The van der Waals surface area contributed by atoms with Gasteiger partial charge in [-0.3, -0.25) is 0 Å². The zero-order valence-electron chi connectivity index (χ0n) is 16.8. The fourth-order valence-electron chi connectivity index (χ4n) is 3.38. The summed E-state index contributed by atoms with van der Waals surface area (Å²) in [5.41, 5.74) is 0.410. The summed E-state index contributed by atoms with van der Waals surface area (Å²) in [6.45, 7) is 6.51. The van der Waals surface area contributed by atoms with Gasteiger partial charge in [0, 0.05) is 25.8 Å². The first-order valence-electron chi connectivity index (χ1n) is 9.43. The van der Waals surface area contributed by atoms with E-state index in [1.165, 1.54) is 26.6 Å². The highest BCUT2D eigenvalue weighted by molar-refractivity contribution is 7.89. The van der Waals surface area contributed by atoms with Crippen molar-refractivity contribution in [3.63, 3.8) is 0 Å². The van der Waals surface area contributed by atoms with Crippen molar-refractivity contribution in [2.75, 3.05) is 26.0 Å². The number of urea groups is 1. The van der Waals surface area contributed by atoms with Gasteiger partial charge >= 0.3 is 6.03 Å². The van der Waals surface area contributed by atoms with Crippen LogP contribution in [0.3, 0.4) is 0 Å². The van der Waals surface area contributed by atoms with E-state index in [2.05, 4.69) is 24.5 Å². The Bertz CT molecular complexity index is 764. The van der Waals surface area contributed by atoms with Crippen molar-refractivity contribution in [2.24, 2.45) is 11.8 Å². The van der Waals surface area contributed by atoms with Gasteiger partial charge < -0.3 is 15.4 Å². The van der Waals surface area contributed by atoms with Crippen LogP contribution in [0.4, 0.5) is 10.5 Å². The van der Waals surface area contributed by atoms with Crippen molar-refractivity contribution in [1.82, 2.24) is 9.62 Å². The first-order valence-corrected chi connectivity index (χ1v) is 10.9. The monoisotopic (exact) mass is 397 g/mol. The van der Waals surface area contributed by atoms with Crippen molar-refractivity contribution in [3.8, 4) is 5.75 Å². The Labute approximate surface area is 162 Å². The number of sulfonamides is 1. The summed E-state index contributed by atoms with van der Waals surface area (Å²) in [4.78, 5) is 12.5. The lowest BCUT2D eigenvalue weighted by Crippen LogP contribution is -2.45. The van der Waals surface area contributed by atoms with Crippen molar-refractivity contribution < 1.29 is 17.9 Å². The number of carbonyl (C=O) groups is 1. The van der Waals surface area contributed by atoms with Gasteiger partial charge in [-0.2, -0.15) is 0 Å². The molecule has 0 aromatic heterocycles. The molecule has 2 N–H and O–H groups in total. The van der Waals surface area contributed by atoms with Crippen LogP contribution in [-0.4, -0.2) is 45.5 Å². The third-order valence-electron chi connectivity index (χ3n) is 5.28.